The molecular weight excluding hydrogens is 184 g/mol. The molecule has 90 valence electrons. The molecule has 15 heavy (non-hydrogen) atoms. The van der Waals surface area contributed by atoms with Gasteiger partial charge >= 0.3 is 0 Å². The van der Waals surface area contributed by atoms with E-state index in [0.29, 0.717) is 11.8 Å². The van der Waals surface area contributed by atoms with Crippen molar-refractivity contribution >= 4 is 0 Å². The van der Waals surface area contributed by atoms with Gasteiger partial charge in [-0.05, 0) is 43.9 Å². The van der Waals surface area contributed by atoms with E-state index >= 15 is 0 Å². The van der Waals surface area contributed by atoms with E-state index in [4.69, 9.17) is 0 Å². The number of hydrogen-bond acceptors (Lipinski definition) is 1. The maximum absolute atomic E-state index is 10.5. The smallest absolute Gasteiger partial charge is 0.0650 e. The molecule has 1 aliphatic rings. The monoisotopic (exact) mass is 212 g/mol. The quantitative estimate of drug-likeness (QED) is 0.747. The summed E-state index contributed by atoms with van der Waals surface area (Å²) in [5.74, 6) is 2.00. The van der Waals surface area contributed by atoms with Gasteiger partial charge in [-0.2, -0.15) is 0 Å². The predicted octanol–water partition coefficient (Wildman–Crippen LogP) is 4.00. The first-order chi connectivity index (χ1) is 6.95. The second-order valence-corrected chi connectivity index (χ2v) is 6.09. The van der Waals surface area contributed by atoms with Crippen molar-refractivity contribution in [3.05, 3.63) is 0 Å². The van der Waals surface area contributed by atoms with Crippen molar-refractivity contribution in [2.24, 2.45) is 17.8 Å². The van der Waals surface area contributed by atoms with Crippen LogP contribution in [0.1, 0.15) is 66.2 Å². The van der Waals surface area contributed by atoms with Gasteiger partial charge in [0.05, 0.1) is 5.60 Å². The minimum absolute atomic E-state index is 0.429. The van der Waals surface area contributed by atoms with E-state index in [1.54, 1.807) is 0 Å². The fraction of sp³-hybridized carbons (Fsp3) is 1.00. The number of aliphatic hydroxyl groups is 1. The van der Waals surface area contributed by atoms with Crippen LogP contribution >= 0.6 is 0 Å². The average Bonchev–Trinajstić information content (AvgIpc) is 2.16. The molecule has 3 unspecified atom stereocenters. The summed E-state index contributed by atoms with van der Waals surface area (Å²) >= 11 is 0. The fourth-order valence-corrected chi connectivity index (χ4v) is 3.22. The van der Waals surface area contributed by atoms with E-state index in [9.17, 15) is 5.11 Å². The van der Waals surface area contributed by atoms with Crippen molar-refractivity contribution in [3.8, 4) is 0 Å². The molecule has 3 atom stereocenters. The summed E-state index contributed by atoms with van der Waals surface area (Å²) in [6.07, 6.45) is 7.41. The second kappa shape index (κ2) is 5.34. The maximum atomic E-state index is 10.5. The van der Waals surface area contributed by atoms with Crippen molar-refractivity contribution in [2.45, 2.75) is 71.8 Å². The minimum atomic E-state index is -0.429. The molecular formula is C14H28O. The summed E-state index contributed by atoms with van der Waals surface area (Å²) < 4.78 is 0. The van der Waals surface area contributed by atoms with Gasteiger partial charge in [-0.3, -0.25) is 0 Å². The molecule has 0 aromatic carbocycles. The molecule has 0 radical (unpaired) electrons. The molecule has 1 N–H and O–H groups in total. The molecule has 1 heteroatoms. The third-order valence-corrected chi connectivity index (χ3v) is 4.06. The lowest BCUT2D eigenvalue weighted by molar-refractivity contribution is -0.0412. The van der Waals surface area contributed by atoms with E-state index in [2.05, 4.69) is 27.7 Å². The molecule has 0 heterocycles. The Balaban J connectivity index is 2.53. The molecule has 0 aliphatic heterocycles. The maximum Gasteiger partial charge on any atom is 0.0650 e. The van der Waals surface area contributed by atoms with Gasteiger partial charge in [-0.25, -0.2) is 0 Å². The highest BCUT2D eigenvalue weighted by Crippen LogP contribution is 2.39. The standard InChI is InChI=1S/C14H28O/c1-5-12-7-6-8-13(9-12)14(4,15)10-11(2)3/h11-13,15H,5-10H2,1-4H3. The summed E-state index contributed by atoms with van der Waals surface area (Å²) in [6, 6.07) is 0. The van der Waals surface area contributed by atoms with E-state index in [-0.39, 0.29) is 0 Å². The Kier molecular flexibility index (Phi) is 4.64. The van der Waals surface area contributed by atoms with Gasteiger partial charge in [-0.1, -0.05) is 40.0 Å². The Hall–Kier alpha value is -0.0400. The van der Waals surface area contributed by atoms with Crippen LogP contribution in [0.4, 0.5) is 0 Å². The molecule has 0 bridgehead atoms. The average molecular weight is 212 g/mol. The normalized spacial score (nSPS) is 31.6. The van der Waals surface area contributed by atoms with E-state index in [0.717, 1.165) is 12.3 Å². The summed E-state index contributed by atoms with van der Waals surface area (Å²) in [4.78, 5) is 0. The van der Waals surface area contributed by atoms with Crippen LogP contribution in [0.2, 0.25) is 0 Å². The van der Waals surface area contributed by atoms with Gasteiger partial charge < -0.3 is 5.11 Å². The summed E-state index contributed by atoms with van der Waals surface area (Å²) in [7, 11) is 0. The number of rotatable bonds is 4. The van der Waals surface area contributed by atoms with Crippen LogP contribution in [0.15, 0.2) is 0 Å². The molecule has 1 aliphatic carbocycles. The van der Waals surface area contributed by atoms with Crippen molar-refractivity contribution in [1.29, 1.82) is 0 Å². The van der Waals surface area contributed by atoms with Crippen LogP contribution in [0, 0.1) is 17.8 Å². The Morgan fingerprint density at radius 1 is 1.33 bits per heavy atom. The van der Waals surface area contributed by atoms with Crippen molar-refractivity contribution in [3.63, 3.8) is 0 Å². The summed E-state index contributed by atoms with van der Waals surface area (Å²) in [5, 5.41) is 10.5. The molecule has 0 saturated heterocycles. The van der Waals surface area contributed by atoms with Crippen LogP contribution in [0.25, 0.3) is 0 Å². The molecule has 0 aromatic rings. The Labute approximate surface area is 95.3 Å². The van der Waals surface area contributed by atoms with Crippen molar-refractivity contribution < 1.29 is 5.11 Å². The number of hydrogen-bond donors (Lipinski definition) is 1. The van der Waals surface area contributed by atoms with Gasteiger partial charge in [-0.15, -0.1) is 0 Å². The molecule has 1 nitrogen and oxygen atoms in total. The molecule has 0 amide bonds. The van der Waals surface area contributed by atoms with Crippen molar-refractivity contribution in [1.82, 2.24) is 0 Å². The minimum Gasteiger partial charge on any atom is -0.390 e. The molecule has 1 rings (SSSR count). The van der Waals surface area contributed by atoms with Gasteiger partial charge in [0.15, 0.2) is 0 Å². The Bertz CT molecular complexity index is 184. The third kappa shape index (κ3) is 3.79. The topological polar surface area (TPSA) is 20.2 Å². The third-order valence-electron chi connectivity index (χ3n) is 4.06. The first kappa shape index (κ1) is 13.0. The second-order valence-electron chi connectivity index (χ2n) is 6.09. The zero-order valence-electron chi connectivity index (χ0n) is 10.9. The Morgan fingerprint density at radius 3 is 2.53 bits per heavy atom. The fourth-order valence-electron chi connectivity index (χ4n) is 3.22. The predicted molar refractivity (Wildman–Crippen MR) is 65.8 cm³/mol. The lowest BCUT2D eigenvalue weighted by atomic mass is 9.70. The van der Waals surface area contributed by atoms with Crippen LogP contribution in [0.5, 0.6) is 0 Å². The highest BCUT2D eigenvalue weighted by atomic mass is 16.3. The summed E-state index contributed by atoms with van der Waals surface area (Å²) in [6.45, 7) is 8.74. The van der Waals surface area contributed by atoms with Crippen LogP contribution in [-0.2, 0) is 0 Å². The first-order valence-electron chi connectivity index (χ1n) is 6.68. The SMILES string of the molecule is CCC1CCCC(C(C)(O)CC(C)C)C1. The van der Waals surface area contributed by atoms with Crippen LogP contribution in [0.3, 0.4) is 0 Å². The van der Waals surface area contributed by atoms with Crippen LogP contribution < -0.4 is 0 Å². The highest BCUT2D eigenvalue weighted by Gasteiger charge is 2.35. The van der Waals surface area contributed by atoms with Gasteiger partial charge in [0.2, 0.25) is 0 Å². The van der Waals surface area contributed by atoms with E-state index in [1.165, 1.54) is 32.1 Å². The van der Waals surface area contributed by atoms with E-state index in [1.807, 2.05) is 0 Å². The highest BCUT2D eigenvalue weighted by molar-refractivity contribution is 4.87. The first-order valence-corrected chi connectivity index (χ1v) is 6.68. The lowest BCUT2D eigenvalue weighted by Crippen LogP contribution is -2.38. The zero-order valence-corrected chi connectivity index (χ0v) is 10.9. The zero-order chi connectivity index (χ0) is 11.5. The molecule has 1 saturated carbocycles. The lowest BCUT2D eigenvalue weighted by Gasteiger charge is -2.39. The largest absolute Gasteiger partial charge is 0.390 e. The van der Waals surface area contributed by atoms with Gasteiger partial charge in [0.25, 0.3) is 0 Å². The molecule has 0 spiro atoms. The Morgan fingerprint density at radius 2 is 2.00 bits per heavy atom. The van der Waals surface area contributed by atoms with E-state index < -0.39 is 5.60 Å². The van der Waals surface area contributed by atoms with Crippen molar-refractivity contribution in [2.75, 3.05) is 0 Å². The molecule has 1 fully saturated rings. The van der Waals surface area contributed by atoms with Gasteiger partial charge in [0, 0.05) is 0 Å². The van der Waals surface area contributed by atoms with Gasteiger partial charge in [0.1, 0.15) is 0 Å². The van der Waals surface area contributed by atoms with Crippen LogP contribution in [-0.4, -0.2) is 10.7 Å². The molecule has 0 aromatic heterocycles. The summed E-state index contributed by atoms with van der Waals surface area (Å²) in [5.41, 5.74) is -0.429.